The Kier molecular flexibility index (Phi) is 4.27. The van der Waals surface area contributed by atoms with E-state index in [9.17, 15) is 4.79 Å². The van der Waals surface area contributed by atoms with Gasteiger partial charge in [0.1, 0.15) is 12.4 Å². The molecule has 28 heavy (non-hydrogen) atoms. The first-order valence-electron chi connectivity index (χ1n) is 9.17. The summed E-state index contributed by atoms with van der Waals surface area (Å²) in [5.41, 5.74) is 1.86. The highest BCUT2D eigenvalue weighted by molar-refractivity contribution is 5.75. The molecule has 2 aromatic carbocycles. The molecular weight excluding hydrogens is 358 g/mol. The van der Waals surface area contributed by atoms with Gasteiger partial charge >= 0.3 is 6.03 Å². The van der Waals surface area contributed by atoms with Crippen LogP contribution >= 0.6 is 0 Å². The molecule has 2 saturated heterocycles. The van der Waals surface area contributed by atoms with Gasteiger partial charge in [-0.1, -0.05) is 48.5 Å². The number of ether oxygens (including phenoxy) is 1. The van der Waals surface area contributed by atoms with Crippen molar-refractivity contribution in [1.29, 1.82) is 0 Å². The first-order chi connectivity index (χ1) is 13.8. The molecule has 0 radical (unpaired) electrons. The van der Waals surface area contributed by atoms with Gasteiger partial charge in [0.05, 0.1) is 18.9 Å². The third kappa shape index (κ3) is 3.12. The predicted molar refractivity (Wildman–Crippen MR) is 99.1 cm³/mol. The molecule has 0 bridgehead atoms. The average Bonchev–Trinajstić information content (AvgIpc) is 3.42. The Morgan fingerprint density at radius 1 is 1.04 bits per heavy atom. The fourth-order valence-electron chi connectivity index (χ4n) is 3.35. The summed E-state index contributed by atoms with van der Waals surface area (Å²) in [5.74, 6) is 0.551. The predicted octanol–water partition coefficient (Wildman–Crippen LogP) is 2.71. The highest BCUT2D eigenvalue weighted by Gasteiger charge is 2.47. The lowest BCUT2D eigenvalue weighted by molar-refractivity contribution is -0.000988. The van der Waals surface area contributed by atoms with Gasteiger partial charge in [0.25, 0.3) is 0 Å². The van der Waals surface area contributed by atoms with Gasteiger partial charge in [-0.2, -0.15) is 5.06 Å². The number of benzene rings is 2. The summed E-state index contributed by atoms with van der Waals surface area (Å²) < 4.78 is 7.30. The molecule has 2 aliphatic rings. The minimum absolute atomic E-state index is 0.196. The monoisotopic (exact) mass is 377 g/mol. The van der Waals surface area contributed by atoms with Crippen LogP contribution in [0.5, 0.6) is 0 Å². The number of para-hydroxylation sites is 1. The summed E-state index contributed by atoms with van der Waals surface area (Å²) in [6, 6.07) is 18.9. The van der Waals surface area contributed by atoms with Crippen molar-refractivity contribution in [3.8, 4) is 5.69 Å². The second-order valence-corrected chi connectivity index (χ2v) is 6.64. The fourth-order valence-corrected chi connectivity index (χ4v) is 3.35. The largest absolute Gasteiger partial charge is 0.377 e. The maximum Gasteiger partial charge on any atom is 0.347 e. The number of carbonyl (C=O) groups is 1. The molecule has 3 heterocycles. The van der Waals surface area contributed by atoms with E-state index in [0.29, 0.717) is 25.6 Å². The maximum absolute atomic E-state index is 13.0. The molecule has 2 unspecified atom stereocenters. The Balaban J connectivity index is 1.35. The normalized spacial score (nSPS) is 21.6. The van der Waals surface area contributed by atoms with E-state index in [1.54, 1.807) is 15.9 Å². The van der Waals surface area contributed by atoms with E-state index in [-0.39, 0.29) is 18.3 Å². The van der Waals surface area contributed by atoms with Gasteiger partial charge < -0.3 is 9.64 Å². The molecule has 2 amide bonds. The molecule has 1 aromatic heterocycles. The Hall–Kier alpha value is -3.23. The lowest BCUT2D eigenvalue weighted by atomic mass is 10.2. The number of rotatable bonds is 3. The molecule has 0 saturated carbocycles. The minimum atomic E-state index is -0.355. The first-order valence-corrected chi connectivity index (χ1v) is 9.17. The van der Waals surface area contributed by atoms with Gasteiger partial charge in [-0.25, -0.2) is 19.3 Å². The number of amides is 2. The van der Waals surface area contributed by atoms with Crippen LogP contribution in [0.3, 0.4) is 0 Å². The quantitative estimate of drug-likeness (QED) is 0.656. The second-order valence-electron chi connectivity index (χ2n) is 6.64. The smallest absolute Gasteiger partial charge is 0.347 e. The number of morpholine rings is 1. The van der Waals surface area contributed by atoms with E-state index in [2.05, 4.69) is 10.1 Å². The van der Waals surface area contributed by atoms with Gasteiger partial charge in [0, 0.05) is 12.1 Å². The van der Waals surface area contributed by atoms with Crippen LogP contribution < -0.4 is 0 Å². The van der Waals surface area contributed by atoms with Crippen molar-refractivity contribution >= 4 is 6.03 Å². The third-order valence-electron chi connectivity index (χ3n) is 4.86. The fraction of sp³-hybridized carbons (Fsp3) is 0.250. The number of nitrogens with zero attached hydrogens (tertiary/aromatic N) is 5. The topological polar surface area (TPSA) is 75.8 Å². The van der Waals surface area contributed by atoms with Crippen molar-refractivity contribution in [2.24, 2.45) is 0 Å². The average molecular weight is 377 g/mol. The van der Waals surface area contributed by atoms with E-state index < -0.39 is 0 Å². The van der Waals surface area contributed by atoms with Crippen molar-refractivity contribution in [3.63, 3.8) is 0 Å². The minimum Gasteiger partial charge on any atom is -0.377 e. The summed E-state index contributed by atoms with van der Waals surface area (Å²) in [6.07, 6.45) is 1.31. The molecule has 2 aliphatic heterocycles. The van der Waals surface area contributed by atoms with Crippen LogP contribution in [-0.4, -0.2) is 50.5 Å². The van der Waals surface area contributed by atoms with Crippen LogP contribution in [0.2, 0.25) is 0 Å². The van der Waals surface area contributed by atoms with Crippen molar-refractivity contribution < 1.29 is 14.4 Å². The Morgan fingerprint density at radius 3 is 2.57 bits per heavy atom. The summed E-state index contributed by atoms with van der Waals surface area (Å²) in [5, 5.41) is 5.96. The van der Waals surface area contributed by atoms with E-state index in [1.807, 2.05) is 60.7 Å². The Bertz CT molecular complexity index is 962. The molecular formula is C20H19N5O3. The summed E-state index contributed by atoms with van der Waals surface area (Å²) in [6.45, 7) is 1.30. The zero-order valence-corrected chi connectivity index (χ0v) is 15.1. The van der Waals surface area contributed by atoms with Crippen LogP contribution in [0.4, 0.5) is 4.79 Å². The van der Waals surface area contributed by atoms with E-state index >= 15 is 0 Å². The highest BCUT2D eigenvalue weighted by Crippen LogP contribution is 2.39. The van der Waals surface area contributed by atoms with Gasteiger partial charge in [0.2, 0.25) is 6.23 Å². The number of urea groups is 1. The van der Waals surface area contributed by atoms with E-state index in [4.69, 9.17) is 9.57 Å². The number of hydrogen-bond acceptors (Lipinski definition) is 5. The van der Waals surface area contributed by atoms with Crippen molar-refractivity contribution in [2.45, 2.75) is 12.3 Å². The SMILES string of the molecule is O=C(N1CCOCC1c1ncn(-c2ccccc2)n1)N1OC1c1ccccc1. The number of hydrogen-bond donors (Lipinski definition) is 0. The van der Waals surface area contributed by atoms with Crippen LogP contribution in [0.15, 0.2) is 67.0 Å². The third-order valence-corrected chi connectivity index (χ3v) is 4.86. The number of carbonyl (C=O) groups excluding carboxylic acids is 1. The molecule has 5 rings (SSSR count). The molecule has 8 heteroatoms. The highest BCUT2D eigenvalue weighted by atomic mass is 16.8. The lowest BCUT2D eigenvalue weighted by Crippen LogP contribution is -2.45. The molecule has 0 aliphatic carbocycles. The molecule has 2 fully saturated rings. The van der Waals surface area contributed by atoms with Crippen LogP contribution in [0.1, 0.15) is 23.7 Å². The summed E-state index contributed by atoms with van der Waals surface area (Å²) >= 11 is 0. The van der Waals surface area contributed by atoms with Crippen LogP contribution in [-0.2, 0) is 9.57 Å². The van der Waals surface area contributed by atoms with Crippen LogP contribution in [0, 0.1) is 0 Å². The van der Waals surface area contributed by atoms with E-state index in [0.717, 1.165) is 11.3 Å². The van der Waals surface area contributed by atoms with E-state index in [1.165, 1.54) is 5.06 Å². The van der Waals surface area contributed by atoms with Crippen molar-refractivity contribution in [3.05, 3.63) is 78.4 Å². The van der Waals surface area contributed by atoms with Crippen LogP contribution in [0.25, 0.3) is 5.69 Å². The Labute approximate surface area is 161 Å². The van der Waals surface area contributed by atoms with Crippen molar-refractivity contribution in [2.75, 3.05) is 19.8 Å². The molecule has 142 valence electrons. The summed E-state index contributed by atoms with van der Waals surface area (Å²) in [7, 11) is 0. The van der Waals surface area contributed by atoms with Gasteiger partial charge in [0.15, 0.2) is 5.82 Å². The first kappa shape index (κ1) is 16.9. The van der Waals surface area contributed by atoms with Gasteiger partial charge in [-0.15, -0.1) is 5.10 Å². The maximum atomic E-state index is 13.0. The molecule has 2 atom stereocenters. The second kappa shape index (κ2) is 7.06. The molecule has 0 N–H and O–H groups in total. The van der Waals surface area contributed by atoms with Gasteiger partial charge in [-0.3, -0.25) is 0 Å². The molecule has 3 aromatic rings. The van der Waals surface area contributed by atoms with Gasteiger partial charge in [-0.05, 0) is 12.1 Å². The standard InChI is InChI=1S/C20H19N5O3/c26-20(25-19(28-25)15-7-3-1-4-8-15)23-11-12-27-13-17(23)18-21-14-24(22-18)16-9-5-2-6-10-16/h1-10,14,17,19H,11-13H2. The lowest BCUT2D eigenvalue weighted by Gasteiger charge is -2.33. The zero-order valence-electron chi connectivity index (χ0n) is 15.1. The molecule has 8 nitrogen and oxygen atoms in total. The number of aromatic nitrogens is 3. The zero-order chi connectivity index (χ0) is 18.9. The Morgan fingerprint density at radius 2 is 1.79 bits per heavy atom. The summed E-state index contributed by atoms with van der Waals surface area (Å²) in [4.78, 5) is 24.7. The van der Waals surface area contributed by atoms with Crippen molar-refractivity contribution in [1.82, 2.24) is 24.7 Å². The number of hydroxylamine groups is 2. The molecule has 0 spiro atoms.